The molecule has 298 valence electrons. The van der Waals surface area contributed by atoms with Crippen molar-refractivity contribution in [3.8, 4) is 0 Å². The number of ether oxygens (including phenoxy) is 2. The molecule has 0 saturated heterocycles. The van der Waals surface area contributed by atoms with Crippen LogP contribution in [0.2, 0.25) is 0 Å². The third kappa shape index (κ3) is 29.5. The molecule has 0 N–H and O–H groups in total. The average molecular weight is 769 g/mol. The number of carbonyl (C=O) groups excluding carboxylic acids is 2. The quantitative estimate of drug-likeness (QED) is 0.0222. The zero-order valence-electron chi connectivity index (χ0n) is 34.0. The molecular formula is C44H73NaO7S. The maximum absolute atomic E-state index is 12.9. The van der Waals surface area contributed by atoms with Crippen molar-refractivity contribution >= 4 is 22.1 Å². The number of hydrogen-bond acceptors (Lipinski definition) is 7. The van der Waals surface area contributed by atoms with Gasteiger partial charge in [-0.2, -0.15) is 0 Å². The molecule has 9 heteroatoms. The molecule has 53 heavy (non-hydrogen) atoms. The van der Waals surface area contributed by atoms with Gasteiger partial charge in [0.15, 0.2) is 0 Å². The predicted octanol–water partition coefficient (Wildman–Crippen LogP) is 9.98. The van der Waals surface area contributed by atoms with Crippen molar-refractivity contribution in [3.63, 3.8) is 0 Å². The van der Waals surface area contributed by atoms with E-state index < -0.39 is 27.0 Å². The number of allylic oxidation sites excluding steroid dienone is 4. The standard InChI is InChI=1S/C44H74O7S.Na/c1-3-5-7-9-11-13-15-17-19-21-23-25-27-29-31-33-37-50-43(45)41-36-35-40(52(47,48)49)39-42(41)44(46)51-38-34-32-30-28-26-24-22-20-18-16-14-12-10-8-6-4-2;/h23-26,35-36,39H,3-22,27-34,37-38H2,1-2H3,(H,47,48,49);/q;+1/p-1/b25-23+,26-24+;. The summed E-state index contributed by atoms with van der Waals surface area (Å²) in [6.45, 7) is 4.83. The van der Waals surface area contributed by atoms with E-state index in [9.17, 15) is 22.6 Å². The van der Waals surface area contributed by atoms with Crippen molar-refractivity contribution in [2.45, 2.75) is 199 Å². The van der Waals surface area contributed by atoms with Crippen LogP contribution < -0.4 is 29.6 Å². The number of rotatable bonds is 35. The number of benzene rings is 1. The molecule has 0 aliphatic rings. The van der Waals surface area contributed by atoms with Gasteiger partial charge in [0.1, 0.15) is 10.1 Å². The number of esters is 2. The Morgan fingerprint density at radius 1 is 0.509 bits per heavy atom. The SMILES string of the molecule is CCCCCCCCCCC/C=C/CCCCCOC(=O)c1ccc(S(=O)(=O)[O-])cc1C(=O)OCCCCC/C=C/CCCCCCCCCCC.[Na+]. The zero-order chi connectivity index (χ0) is 38.0. The Morgan fingerprint density at radius 2 is 0.830 bits per heavy atom. The van der Waals surface area contributed by atoms with Crippen molar-refractivity contribution in [3.05, 3.63) is 53.6 Å². The average Bonchev–Trinajstić information content (AvgIpc) is 3.13. The van der Waals surface area contributed by atoms with Crippen LogP contribution in [0.1, 0.15) is 214 Å². The largest absolute Gasteiger partial charge is 1.00 e. The predicted molar refractivity (Wildman–Crippen MR) is 214 cm³/mol. The van der Waals surface area contributed by atoms with Crippen LogP contribution in [-0.2, 0) is 19.6 Å². The minimum Gasteiger partial charge on any atom is -0.744 e. The molecule has 0 saturated carbocycles. The van der Waals surface area contributed by atoms with Gasteiger partial charge in [-0.3, -0.25) is 0 Å². The molecule has 1 aromatic rings. The summed E-state index contributed by atoms with van der Waals surface area (Å²) >= 11 is 0. The molecule has 0 spiro atoms. The van der Waals surface area contributed by atoms with Gasteiger partial charge in [0.05, 0.1) is 29.2 Å². The molecule has 0 unspecified atom stereocenters. The third-order valence-electron chi connectivity index (χ3n) is 9.50. The van der Waals surface area contributed by atoms with Crippen molar-refractivity contribution in [1.29, 1.82) is 0 Å². The van der Waals surface area contributed by atoms with E-state index in [1.807, 2.05) is 0 Å². The summed E-state index contributed by atoms with van der Waals surface area (Å²) in [6, 6.07) is 3.10. The Bertz CT molecular complexity index is 1210. The van der Waals surface area contributed by atoms with Crippen LogP contribution in [0.15, 0.2) is 47.4 Å². The van der Waals surface area contributed by atoms with Crippen LogP contribution in [0.25, 0.3) is 0 Å². The molecule has 1 rings (SSSR count). The minimum absolute atomic E-state index is 0. The second kappa shape index (κ2) is 36.2. The summed E-state index contributed by atoms with van der Waals surface area (Å²) in [7, 11) is -4.82. The molecule has 0 aliphatic heterocycles. The van der Waals surface area contributed by atoms with Gasteiger partial charge in [-0.25, -0.2) is 18.0 Å². The molecule has 0 radical (unpaired) electrons. The van der Waals surface area contributed by atoms with Gasteiger partial charge >= 0.3 is 41.5 Å². The van der Waals surface area contributed by atoms with Crippen molar-refractivity contribution in [2.24, 2.45) is 0 Å². The van der Waals surface area contributed by atoms with Crippen LogP contribution in [0.3, 0.4) is 0 Å². The van der Waals surface area contributed by atoms with Gasteiger partial charge in [0, 0.05) is 0 Å². The summed E-state index contributed by atoms with van der Waals surface area (Å²) in [4.78, 5) is 25.2. The van der Waals surface area contributed by atoms with E-state index in [1.54, 1.807) is 0 Å². The fourth-order valence-electron chi connectivity index (χ4n) is 6.21. The smallest absolute Gasteiger partial charge is 0.744 e. The van der Waals surface area contributed by atoms with E-state index in [2.05, 4.69) is 38.2 Å². The van der Waals surface area contributed by atoms with Gasteiger partial charge in [-0.15, -0.1) is 0 Å². The van der Waals surface area contributed by atoms with Gasteiger partial charge in [0.2, 0.25) is 0 Å². The van der Waals surface area contributed by atoms with E-state index in [0.717, 1.165) is 69.6 Å². The van der Waals surface area contributed by atoms with Gasteiger partial charge < -0.3 is 14.0 Å². The molecule has 0 atom stereocenters. The Balaban J connectivity index is 0.0000270. The molecule has 0 aliphatic carbocycles. The third-order valence-corrected chi connectivity index (χ3v) is 10.3. The summed E-state index contributed by atoms with van der Waals surface area (Å²) < 4.78 is 45.7. The maximum Gasteiger partial charge on any atom is 1.00 e. The van der Waals surface area contributed by atoms with E-state index in [0.29, 0.717) is 12.8 Å². The summed E-state index contributed by atoms with van der Waals surface area (Å²) in [6.07, 6.45) is 42.3. The summed E-state index contributed by atoms with van der Waals surface area (Å²) in [5, 5.41) is 0. The second-order valence-electron chi connectivity index (χ2n) is 14.3. The minimum atomic E-state index is -4.82. The zero-order valence-corrected chi connectivity index (χ0v) is 36.8. The van der Waals surface area contributed by atoms with Crippen LogP contribution in [0.4, 0.5) is 0 Å². The van der Waals surface area contributed by atoms with E-state index in [1.165, 1.54) is 116 Å². The van der Waals surface area contributed by atoms with Gasteiger partial charge in [-0.1, -0.05) is 141 Å². The number of hydrogen-bond donors (Lipinski definition) is 0. The Labute approximate surface area is 347 Å². The van der Waals surface area contributed by atoms with E-state index in [-0.39, 0.29) is 53.9 Å². The maximum atomic E-state index is 12.9. The monoisotopic (exact) mass is 768 g/mol. The molecule has 7 nitrogen and oxygen atoms in total. The normalized spacial score (nSPS) is 11.7. The first-order chi connectivity index (χ1) is 25.3. The Kier molecular flexibility index (Phi) is 35.2. The molecule has 0 aromatic heterocycles. The molecule has 0 bridgehead atoms. The molecular weight excluding hydrogens is 696 g/mol. The fourth-order valence-corrected chi connectivity index (χ4v) is 6.71. The van der Waals surface area contributed by atoms with Crippen LogP contribution in [-0.4, -0.2) is 38.1 Å². The topological polar surface area (TPSA) is 110 Å². The number of carbonyl (C=O) groups is 2. The second-order valence-corrected chi connectivity index (χ2v) is 15.7. The molecule has 1 aromatic carbocycles. The van der Waals surface area contributed by atoms with Crippen molar-refractivity contribution in [1.82, 2.24) is 0 Å². The van der Waals surface area contributed by atoms with Gasteiger partial charge in [0.25, 0.3) is 0 Å². The Morgan fingerprint density at radius 3 is 1.19 bits per heavy atom. The first kappa shape index (κ1) is 51.5. The first-order valence-electron chi connectivity index (χ1n) is 21.0. The number of unbranched alkanes of at least 4 members (excludes halogenated alkanes) is 24. The van der Waals surface area contributed by atoms with Crippen LogP contribution in [0.5, 0.6) is 0 Å². The van der Waals surface area contributed by atoms with Crippen molar-refractivity contribution in [2.75, 3.05) is 13.2 Å². The van der Waals surface area contributed by atoms with Crippen LogP contribution >= 0.6 is 0 Å². The molecule has 0 heterocycles. The van der Waals surface area contributed by atoms with Crippen molar-refractivity contribution < 1.29 is 61.6 Å². The van der Waals surface area contributed by atoms with Crippen LogP contribution in [0, 0.1) is 0 Å². The molecule has 0 fully saturated rings. The van der Waals surface area contributed by atoms with E-state index in [4.69, 9.17) is 9.47 Å². The van der Waals surface area contributed by atoms with E-state index >= 15 is 0 Å². The first-order valence-corrected chi connectivity index (χ1v) is 22.5. The van der Waals surface area contributed by atoms with Gasteiger partial charge in [-0.05, 0) is 95.2 Å². The molecule has 0 amide bonds. The summed E-state index contributed by atoms with van der Waals surface area (Å²) in [5.41, 5.74) is -0.368. The fraction of sp³-hybridized carbons (Fsp3) is 0.727. The Hall–Kier alpha value is -1.45. The summed E-state index contributed by atoms with van der Waals surface area (Å²) in [5.74, 6) is -1.58.